The molecule has 1 aromatic heterocycles. The molecule has 144 valence electrons. The quantitative estimate of drug-likeness (QED) is 0.414. The highest BCUT2D eigenvalue weighted by molar-refractivity contribution is 9.11. The van der Waals surface area contributed by atoms with E-state index < -0.39 is 0 Å². The van der Waals surface area contributed by atoms with E-state index in [1.54, 1.807) is 18.4 Å². The summed E-state index contributed by atoms with van der Waals surface area (Å²) in [4.78, 5) is 22.1. The van der Waals surface area contributed by atoms with Gasteiger partial charge in [-0.1, -0.05) is 24.3 Å². The lowest BCUT2D eigenvalue weighted by atomic mass is 10.1. The van der Waals surface area contributed by atoms with Gasteiger partial charge in [-0.2, -0.15) is 0 Å². The molecule has 0 spiro atoms. The maximum absolute atomic E-state index is 12.5. The van der Waals surface area contributed by atoms with Crippen molar-refractivity contribution in [2.24, 2.45) is 4.99 Å². The van der Waals surface area contributed by atoms with E-state index in [0.717, 1.165) is 42.3 Å². The lowest BCUT2D eigenvalue weighted by Gasteiger charge is -2.21. The largest absolute Gasteiger partial charge is 0.356 e. The second kappa shape index (κ2) is 9.37. The Morgan fingerprint density at radius 1 is 1.26 bits per heavy atom. The molecule has 2 aromatic rings. The lowest BCUT2D eigenvalue weighted by Crippen LogP contribution is -2.39. The molecule has 1 N–H and O–H groups in total. The van der Waals surface area contributed by atoms with Crippen LogP contribution in [0.3, 0.4) is 0 Å². The highest BCUT2D eigenvalue weighted by Crippen LogP contribution is 2.23. The summed E-state index contributed by atoms with van der Waals surface area (Å²) in [5.74, 6) is 1.07. The van der Waals surface area contributed by atoms with Gasteiger partial charge in [0.05, 0.1) is 10.3 Å². The molecule has 1 aliphatic rings. The average molecular weight is 449 g/mol. The zero-order chi connectivity index (χ0) is 19.2. The van der Waals surface area contributed by atoms with Gasteiger partial charge in [-0.05, 0) is 45.6 Å². The summed E-state index contributed by atoms with van der Waals surface area (Å²) in [7, 11) is 3.81. The molecule has 0 atom stereocenters. The number of hydrogen-bond acceptors (Lipinski definition) is 3. The predicted molar refractivity (Wildman–Crippen MR) is 115 cm³/mol. The van der Waals surface area contributed by atoms with Crippen LogP contribution in [0, 0.1) is 0 Å². The van der Waals surface area contributed by atoms with Gasteiger partial charge in [0.15, 0.2) is 5.96 Å². The van der Waals surface area contributed by atoms with Crippen molar-refractivity contribution in [3.8, 4) is 0 Å². The number of carbonyl (C=O) groups excluding carboxylic acids is 1. The Balaban J connectivity index is 1.39. The summed E-state index contributed by atoms with van der Waals surface area (Å²) in [6, 6.07) is 12.5. The molecule has 5 nitrogen and oxygen atoms in total. The van der Waals surface area contributed by atoms with Crippen molar-refractivity contribution in [2.45, 2.75) is 32.5 Å². The van der Waals surface area contributed by atoms with Crippen LogP contribution in [0.25, 0.3) is 0 Å². The Morgan fingerprint density at radius 2 is 1.96 bits per heavy atom. The smallest absolute Gasteiger partial charge is 0.223 e. The monoisotopic (exact) mass is 448 g/mol. The minimum absolute atomic E-state index is 0.222. The fraction of sp³-hybridized carbons (Fsp3) is 0.400. The molecule has 1 aliphatic heterocycles. The second-order valence-corrected chi connectivity index (χ2v) is 9.21. The van der Waals surface area contributed by atoms with Crippen LogP contribution in [0.4, 0.5) is 0 Å². The average Bonchev–Trinajstić information content (AvgIpc) is 3.27. The van der Waals surface area contributed by atoms with Crippen LogP contribution in [-0.2, 0) is 24.4 Å². The number of guanidine groups is 1. The fourth-order valence-electron chi connectivity index (χ4n) is 3.24. The Labute approximate surface area is 173 Å². The van der Waals surface area contributed by atoms with Crippen molar-refractivity contribution in [2.75, 3.05) is 20.6 Å². The number of amides is 1. The molecular formula is C20H25BrN4OS. The third kappa shape index (κ3) is 5.32. The number of benzene rings is 1. The van der Waals surface area contributed by atoms with Crippen molar-refractivity contribution in [3.63, 3.8) is 0 Å². The number of nitrogens with one attached hydrogen (secondary N) is 1. The van der Waals surface area contributed by atoms with Crippen molar-refractivity contribution >= 4 is 39.1 Å². The molecule has 0 radical (unpaired) electrons. The molecule has 7 heteroatoms. The van der Waals surface area contributed by atoms with Gasteiger partial charge in [0.1, 0.15) is 0 Å². The Morgan fingerprint density at radius 3 is 2.56 bits per heavy atom. The number of rotatable bonds is 6. The van der Waals surface area contributed by atoms with Gasteiger partial charge in [-0.3, -0.25) is 9.79 Å². The Hall–Kier alpha value is -1.86. The van der Waals surface area contributed by atoms with E-state index in [2.05, 4.69) is 55.4 Å². The van der Waals surface area contributed by atoms with Gasteiger partial charge in [-0.15, -0.1) is 11.3 Å². The van der Waals surface area contributed by atoms with E-state index in [0.29, 0.717) is 6.42 Å². The highest BCUT2D eigenvalue weighted by atomic mass is 79.9. The molecule has 0 unspecified atom stereocenters. The number of hydrogen-bond donors (Lipinski definition) is 1. The summed E-state index contributed by atoms with van der Waals surface area (Å²) in [5.41, 5.74) is 2.54. The Bertz CT molecular complexity index is 795. The molecule has 3 rings (SSSR count). The second-order valence-electron chi connectivity index (χ2n) is 6.66. The molecule has 0 saturated carbocycles. The molecule has 2 heterocycles. The van der Waals surface area contributed by atoms with Crippen LogP contribution in [0.15, 0.2) is 45.2 Å². The molecule has 0 saturated heterocycles. The molecule has 0 aliphatic carbocycles. The van der Waals surface area contributed by atoms with Crippen LogP contribution in [-0.4, -0.2) is 42.3 Å². The van der Waals surface area contributed by atoms with Crippen LogP contribution in [0.1, 0.15) is 28.8 Å². The first-order valence-corrected chi connectivity index (χ1v) is 10.7. The SMILES string of the molecule is CN=C(NCCCC(=O)N1Cc2ccccc2C1)N(C)Cc1ccc(Br)s1. The van der Waals surface area contributed by atoms with Crippen molar-refractivity contribution in [1.82, 2.24) is 15.1 Å². The topological polar surface area (TPSA) is 47.9 Å². The van der Waals surface area contributed by atoms with E-state index in [9.17, 15) is 4.79 Å². The first-order chi connectivity index (χ1) is 13.1. The number of halogens is 1. The summed E-state index contributed by atoms with van der Waals surface area (Å²) < 4.78 is 1.14. The summed E-state index contributed by atoms with van der Waals surface area (Å²) in [6.07, 6.45) is 1.35. The summed E-state index contributed by atoms with van der Waals surface area (Å²) in [5, 5.41) is 3.36. The minimum Gasteiger partial charge on any atom is -0.356 e. The van der Waals surface area contributed by atoms with Crippen LogP contribution in [0.5, 0.6) is 0 Å². The first kappa shape index (κ1) is 19.9. The van der Waals surface area contributed by atoms with Crippen LogP contribution < -0.4 is 5.32 Å². The van der Waals surface area contributed by atoms with Crippen molar-refractivity contribution < 1.29 is 4.79 Å². The van der Waals surface area contributed by atoms with E-state index >= 15 is 0 Å². The van der Waals surface area contributed by atoms with Gasteiger partial charge in [0.25, 0.3) is 0 Å². The van der Waals surface area contributed by atoms with E-state index in [-0.39, 0.29) is 5.91 Å². The van der Waals surface area contributed by atoms with Gasteiger partial charge in [-0.25, -0.2) is 0 Å². The zero-order valence-corrected chi connectivity index (χ0v) is 18.1. The van der Waals surface area contributed by atoms with E-state index in [1.807, 2.05) is 24.1 Å². The minimum atomic E-state index is 0.222. The molecule has 1 amide bonds. The number of aliphatic imine (C=N–C) groups is 1. The molecule has 0 bridgehead atoms. The van der Waals surface area contributed by atoms with Gasteiger partial charge >= 0.3 is 0 Å². The molecular weight excluding hydrogens is 424 g/mol. The third-order valence-electron chi connectivity index (χ3n) is 4.64. The first-order valence-electron chi connectivity index (χ1n) is 9.07. The standard InChI is InChI=1S/C20H25BrN4OS/c1-22-20(24(2)14-17-9-10-18(21)27-17)23-11-5-8-19(26)25-12-15-6-3-4-7-16(15)13-25/h3-4,6-7,9-10H,5,8,11-14H2,1-2H3,(H,22,23). The highest BCUT2D eigenvalue weighted by Gasteiger charge is 2.22. The Kier molecular flexibility index (Phi) is 6.90. The molecule has 27 heavy (non-hydrogen) atoms. The molecule has 1 aromatic carbocycles. The maximum atomic E-state index is 12.5. The van der Waals surface area contributed by atoms with Crippen LogP contribution in [0.2, 0.25) is 0 Å². The van der Waals surface area contributed by atoms with E-state index in [4.69, 9.17) is 0 Å². The predicted octanol–water partition coefficient (Wildman–Crippen LogP) is 3.84. The number of nitrogens with zero attached hydrogens (tertiary/aromatic N) is 3. The van der Waals surface area contributed by atoms with E-state index in [1.165, 1.54) is 16.0 Å². The summed E-state index contributed by atoms with van der Waals surface area (Å²) in [6.45, 7) is 3.02. The molecule has 0 fully saturated rings. The van der Waals surface area contributed by atoms with Gasteiger partial charge in [0, 0.05) is 45.0 Å². The van der Waals surface area contributed by atoms with Crippen molar-refractivity contribution in [3.05, 3.63) is 56.2 Å². The zero-order valence-electron chi connectivity index (χ0n) is 15.7. The van der Waals surface area contributed by atoms with Crippen molar-refractivity contribution in [1.29, 1.82) is 0 Å². The van der Waals surface area contributed by atoms with Gasteiger partial charge < -0.3 is 15.1 Å². The number of fused-ring (bicyclic) bond motifs is 1. The lowest BCUT2D eigenvalue weighted by molar-refractivity contribution is -0.131. The number of thiophene rings is 1. The maximum Gasteiger partial charge on any atom is 0.223 e. The third-order valence-corrected chi connectivity index (χ3v) is 6.25. The van der Waals surface area contributed by atoms with Gasteiger partial charge in [0.2, 0.25) is 5.91 Å². The fourth-order valence-corrected chi connectivity index (χ4v) is 4.77. The normalized spacial score (nSPS) is 13.6. The number of carbonyl (C=O) groups is 1. The summed E-state index contributed by atoms with van der Waals surface area (Å²) >= 11 is 5.22. The van der Waals surface area contributed by atoms with Crippen LogP contribution >= 0.6 is 27.3 Å².